The first-order chi connectivity index (χ1) is 8.09. The van der Waals surface area contributed by atoms with E-state index < -0.39 is 10.0 Å². The second-order valence-electron chi connectivity index (χ2n) is 5.43. The smallest absolute Gasteiger partial charge is 0.214 e. The lowest BCUT2D eigenvalue weighted by molar-refractivity contribution is 0.265. The highest BCUT2D eigenvalue weighted by atomic mass is 32.2. The van der Waals surface area contributed by atoms with Crippen LogP contribution in [-0.4, -0.2) is 44.2 Å². The van der Waals surface area contributed by atoms with Crippen LogP contribution >= 0.6 is 0 Å². The Morgan fingerprint density at radius 1 is 1.18 bits per heavy atom. The monoisotopic (exact) mass is 260 g/mol. The van der Waals surface area contributed by atoms with E-state index in [-0.39, 0.29) is 6.04 Å². The van der Waals surface area contributed by atoms with Crippen LogP contribution in [0.2, 0.25) is 0 Å². The van der Waals surface area contributed by atoms with E-state index in [0.717, 1.165) is 45.3 Å². The van der Waals surface area contributed by atoms with Crippen molar-refractivity contribution in [3.63, 3.8) is 0 Å². The summed E-state index contributed by atoms with van der Waals surface area (Å²) in [4.78, 5) is 0. The maximum atomic E-state index is 12.4. The third kappa shape index (κ3) is 3.42. The first-order valence-electron chi connectivity index (χ1n) is 6.80. The number of piperidine rings is 2. The van der Waals surface area contributed by atoms with Gasteiger partial charge in [0.25, 0.3) is 0 Å². The second kappa shape index (κ2) is 5.67. The molecule has 0 aromatic heterocycles. The Morgan fingerprint density at radius 3 is 2.53 bits per heavy atom. The number of sulfonamides is 1. The molecular formula is C12H24N2O2S. The summed E-state index contributed by atoms with van der Waals surface area (Å²) in [7, 11) is -3.03. The van der Waals surface area contributed by atoms with Crippen LogP contribution in [0.1, 0.15) is 39.0 Å². The largest absolute Gasteiger partial charge is 0.317 e. The number of hydrogen-bond donors (Lipinski definition) is 1. The van der Waals surface area contributed by atoms with Gasteiger partial charge in [-0.1, -0.05) is 6.42 Å². The summed E-state index contributed by atoms with van der Waals surface area (Å²) in [6.45, 7) is 4.71. The molecule has 0 radical (unpaired) electrons. The average Bonchev–Trinajstić information content (AvgIpc) is 2.30. The van der Waals surface area contributed by atoms with Gasteiger partial charge in [-0.25, -0.2) is 8.42 Å². The summed E-state index contributed by atoms with van der Waals surface area (Å²) < 4.78 is 26.5. The second-order valence-corrected chi connectivity index (χ2v) is 7.39. The van der Waals surface area contributed by atoms with E-state index in [4.69, 9.17) is 0 Å². The molecule has 2 saturated heterocycles. The zero-order valence-electron chi connectivity index (χ0n) is 10.7. The zero-order valence-corrected chi connectivity index (χ0v) is 11.5. The lowest BCUT2D eigenvalue weighted by Gasteiger charge is -2.34. The number of rotatable bonds is 3. The molecule has 100 valence electrons. The molecule has 17 heavy (non-hydrogen) atoms. The summed E-state index contributed by atoms with van der Waals surface area (Å²) in [5.41, 5.74) is 0. The summed E-state index contributed by atoms with van der Waals surface area (Å²) in [6.07, 6.45) is 5.21. The van der Waals surface area contributed by atoms with Gasteiger partial charge >= 0.3 is 0 Å². The van der Waals surface area contributed by atoms with Crippen LogP contribution in [0.25, 0.3) is 0 Å². The van der Waals surface area contributed by atoms with Crippen molar-refractivity contribution in [1.82, 2.24) is 9.62 Å². The molecule has 0 aliphatic carbocycles. The van der Waals surface area contributed by atoms with Gasteiger partial charge in [-0.05, 0) is 51.6 Å². The van der Waals surface area contributed by atoms with Crippen molar-refractivity contribution in [2.75, 3.05) is 25.4 Å². The summed E-state index contributed by atoms with van der Waals surface area (Å²) in [6, 6.07) is 0.204. The highest BCUT2D eigenvalue weighted by Gasteiger charge is 2.31. The Bertz CT molecular complexity index is 336. The highest BCUT2D eigenvalue weighted by molar-refractivity contribution is 7.89. The van der Waals surface area contributed by atoms with Gasteiger partial charge in [-0.15, -0.1) is 0 Å². The topological polar surface area (TPSA) is 49.4 Å². The van der Waals surface area contributed by atoms with Crippen LogP contribution in [0.15, 0.2) is 0 Å². The van der Waals surface area contributed by atoms with Crippen LogP contribution in [0.5, 0.6) is 0 Å². The fourth-order valence-electron chi connectivity index (χ4n) is 2.93. The number of nitrogens with one attached hydrogen (secondary N) is 1. The fourth-order valence-corrected chi connectivity index (χ4v) is 5.11. The van der Waals surface area contributed by atoms with Crippen molar-refractivity contribution >= 4 is 10.0 Å². The highest BCUT2D eigenvalue weighted by Crippen LogP contribution is 2.23. The van der Waals surface area contributed by atoms with Crippen molar-refractivity contribution in [1.29, 1.82) is 0 Å². The quantitative estimate of drug-likeness (QED) is 0.829. The van der Waals surface area contributed by atoms with Crippen LogP contribution < -0.4 is 5.32 Å². The van der Waals surface area contributed by atoms with Gasteiger partial charge in [0.1, 0.15) is 0 Å². The first kappa shape index (κ1) is 13.3. The molecule has 0 aromatic rings. The average molecular weight is 260 g/mol. The molecule has 2 rings (SSSR count). The van der Waals surface area contributed by atoms with Gasteiger partial charge in [0.15, 0.2) is 0 Å². The van der Waals surface area contributed by atoms with Gasteiger partial charge in [0.2, 0.25) is 10.0 Å². The molecule has 1 unspecified atom stereocenters. The molecule has 1 atom stereocenters. The summed E-state index contributed by atoms with van der Waals surface area (Å²) in [5, 5.41) is 3.28. The van der Waals surface area contributed by atoms with E-state index in [1.54, 1.807) is 4.31 Å². The van der Waals surface area contributed by atoms with Crippen LogP contribution in [-0.2, 0) is 10.0 Å². The van der Waals surface area contributed by atoms with E-state index >= 15 is 0 Å². The van der Waals surface area contributed by atoms with E-state index in [0.29, 0.717) is 11.7 Å². The van der Waals surface area contributed by atoms with Crippen molar-refractivity contribution in [3.8, 4) is 0 Å². The molecule has 0 spiro atoms. The van der Waals surface area contributed by atoms with Crippen LogP contribution in [0.4, 0.5) is 0 Å². The SMILES string of the molecule is CC1CCCCN1S(=O)(=O)CC1CCNCC1. The van der Waals surface area contributed by atoms with E-state index in [9.17, 15) is 8.42 Å². The summed E-state index contributed by atoms with van der Waals surface area (Å²) in [5.74, 6) is 0.717. The van der Waals surface area contributed by atoms with E-state index in [2.05, 4.69) is 5.32 Å². The van der Waals surface area contributed by atoms with Crippen molar-refractivity contribution in [2.45, 2.75) is 45.1 Å². The lowest BCUT2D eigenvalue weighted by Crippen LogP contribution is -2.45. The van der Waals surface area contributed by atoms with Crippen molar-refractivity contribution < 1.29 is 8.42 Å². The molecule has 2 fully saturated rings. The first-order valence-corrected chi connectivity index (χ1v) is 8.41. The minimum absolute atomic E-state index is 0.204. The Hall–Kier alpha value is -0.130. The zero-order chi connectivity index (χ0) is 12.3. The Morgan fingerprint density at radius 2 is 1.88 bits per heavy atom. The standard InChI is InChI=1S/C12H24N2O2S/c1-11-4-2-3-9-14(11)17(15,16)10-12-5-7-13-8-6-12/h11-13H,2-10H2,1H3. The predicted molar refractivity (Wildman–Crippen MR) is 69.4 cm³/mol. The third-order valence-corrected chi connectivity index (χ3v) is 6.15. The molecular weight excluding hydrogens is 236 g/mol. The molecule has 5 heteroatoms. The molecule has 0 aromatic carbocycles. The number of hydrogen-bond acceptors (Lipinski definition) is 3. The molecule has 1 N–H and O–H groups in total. The van der Waals surface area contributed by atoms with Gasteiger partial charge in [0, 0.05) is 12.6 Å². The number of nitrogens with zero attached hydrogens (tertiary/aromatic N) is 1. The van der Waals surface area contributed by atoms with Gasteiger partial charge in [-0.3, -0.25) is 0 Å². The predicted octanol–water partition coefficient (Wildman–Crippen LogP) is 1.19. The van der Waals surface area contributed by atoms with Gasteiger partial charge < -0.3 is 5.32 Å². The lowest BCUT2D eigenvalue weighted by atomic mass is 10.0. The maximum absolute atomic E-state index is 12.4. The van der Waals surface area contributed by atoms with E-state index in [1.165, 1.54) is 6.42 Å². The molecule has 2 aliphatic rings. The van der Waals surface area contributed by atoms with Gasteiger partial charge in [-0.2, -0.15) is 4.31 Å². The van der Waals surface area contributed by atoms with Gasteiger partial charge in [0.05, 0.1) is 5.75 Å². The van der Waals surface area contributed by atoms with Crippen molar-refractivity contribution in [2.24, 2.45) is 5.92 Å². The Balaban J connectivity index is 1.96. The molecule has 2 aliphatic heterocycles. The summed E-state index contributed by atoms with van der Waals surface area (Å²) >= 11 is 0. The Labute approximate surface area is 105 Å². The molecule has 2 heterocycles. The molecule has 4 nitrogen and oxygen atoms in total. The van der Waals surface area contributed by atoms with E-state index in [1.807, 2.05) is 6.92 Å². The molecule has 0 bridgehead atoms. The minimum Gasteiger partial charge on any atom is -0.317 e. The normalized spacial score (nSPS) is 29.4. The molecule has 0 amide bonds. The molecule has 0 saturated carbocycles. The van der Waals surface area contributed by atoms with Crippen LogP contribution in [0, 0.1) is 5.92 Å². The van der Waals surface area contributed by atoms with Crippen molar-refractivity contribution in [3.05, 3.63) is 0 Å². The minimum atomic E-state index is -3.03. The van der Waals surface area contributed by atoms with Crippen LogP contribution in [0.3, 0.4) is 0 Å². The maximum Gasteiger partial charge on any atom is 0.214 e. The Kier molecular flexibility index (Phi) is 4.44. The fraction of sp³-hybridized carbons (Fsp3) is 1.00. The third-order valence-electron chi connectivity index (χ3n) is 4.00.